The Labute approximate surface area is 79.1 Å². The molecule has 0 aromatic carbocycles. The Balaban J connectivity index is 3.51. The predicted molar refractivity (Wildman–Crippen MR) is 58.2 cm³/mol. The van der Waals surface area contributed by atoms with Crippen LogP contribution in [-0.2, 0) is 8.85 Å². The van der Waals surface area contributed by atoms with Crippen molar-refractivity contribution in [3.8, 4) is 0 Å². The molecule has 0 amide bonds. The van der Waals surface area contributed by atoms with Gasteiger partial charge in [0.2, 0.25) is 0 Å². The van der Waals surface area contributed by atoms with Crippen LogP contribution in [-0.4, -0.2) is 23.5 Å². The van der Waals surface area contributed by atoms with Gasteiger partial charge in [-0.05, 0) is 39.7 Å². The SMILES string of the molecule is CC([CH]O[Si](C)(C)C)O[SiH](C)C. The fourth-order valence-electron chi connectivity index (χ4n) is 0.761. The molecule has 0 saturated heterocycles. The smallest absolute Gasteiger partial charge is 0.184 e. The Morgan fingerprint density at radius 2 is 1.75 bits per heavy atom. The van der Waals surface area contributed by atoms with E-state index in [-0.39, 0.29) is 6.10 Å². The quantitative estimate of drug-likeness (QED) is 0.642. The summed E-state index contributed by atoms with van der Waals surface area (Å²) in [6.07, 6.45) is 0.156. The summed E-state index contributed by atoms with van der Waals surface area (Å²) in [6, 6.07) is 0. The lowest BCUT2D eigenvalue weighted by Crippen LogP contribution is -2.28. The first-order chi connectivity index (χ1) is 5.31. The molecular weight excluding hydrogens is 184 g/mol. The zero-order valence-corrected chi connectivity index (χ0v) is 11.2. The molecule has 0 rings (SSSR count). The van der Waals surface area contributed by atoms with Crippen molar-refractivity contribution in [1.82, 2.24) is 0 Å². The van der Waals surface area contributed by atoms with Gasteiger partial charge in [0, 0.05) is 0 Å². The highest BCUT2D eigenvalue weighted by atomic mass is 28.4. The zero-order chi connectivity index (χ0) is 9.78. The molecule has 0 aliphatic rings. The summed E-state index contributed by atoms with van der Waals surface area (Å²) in [4.78, 5) is 0. The Hall–Kier alpha value is 0.354. The molecule has 1 unspecified atom stereocenters. The lowest BCUT2D eigenvalue weighted by molar-refractivity contribution is 0.192. The molecule has 12 heavy (non-hydrogen) atoms. The van der Waals surface area contributed by atoms with E-state index < -0.39 is 17.4 Å². The largest absolute Gasteiger partial charge is 0.415 e. The molecule has 1 atom stereocenters. The number of hydrogen-bond acceptors (Lipinski definition) is 2. The van der Waals surface area contributed by atoms with Gasteiger partial charge >= 0.3 is 0 Å². The molecule has 0 aromatic heterocycles. The van der Waals surface area contributed by atoms with Gasteiger partial charge in [0.25, 0.3) is 0 Å². The first kappa shape index (κ1) is 12.4. The second-order valence-electron chi connectivity index (χ2n) is 4.26. The average Bonchev–Trinajstić information content (AvgIpc) is 1.80. The molecular formula is C8H21O2Si2. The maximum absolute atomic E-state index is 5.63. The minimum atomic E-state index is -1.39. The van der Waals surface area contributed by atoms with Crippen LogP contribution in [0.15, 0.2) is 0 Å². The van der Waals surface area contributed by atoms with Gasteiger partial charge in [-0.3, -0.25) is 0 Å². The van der Waals surface area contributed by atoms with Gasteiger partial charge in [-0.1, -0.05) is 0 Å². The van der Waals surface area contributed by atoms with Gasteiger partial charge in [0.1, 0.15) is 0 Å². The number of rotatable bonds is 5. The minimum absolute atomic E-state index is 0.156. The van der Waals surface area contributed by atoms with Gasteiger partial charge in [-0.15, -0.1) is 0 Å². The molecule has 0 aliphatic carbocycles. The van der Waals surface area contributed by atoms with E-state index in [0.29, 0.717) is 0 Å². The van der Waals surface area contributed by atoms with Gasteiger partial charge in [0.05, 0.1) is 12.7 Å². The monoisotopic (exact) mass is 205 g/mol. The van der Waals surface area contributed by atoms with E-state index >= 15 is 0 Å². The standard InChI is InChI=1S/C8H21O2Si2/c1-8(10-11(2)3)7-9-12(4,5)6/h7-8,11H,1-6H3. The Kier molecular flexibility index (Phi) is 5.32. The van der Waals surface area contributed by atoms with E-state index in [0.717, 1.165) is 0 Å². The first-order valence-electron chi connectivity index (χ1n) is 4.48. The van der Waals surface area contributed by atoms with Crippen molar-refractivity contribution in [3.05, 3.63) is 6.61 Å². The molecule has 0 heterocycles. The summed E-state index contributed by atoms with van der Waals surface area (Å²) in [5, 5.41) is 0. The molecule has 0 aliphatic heterocycles. The van der Waals surface area contributed by atoms with Crippen LogP contribution in [0.3, 0.4) is 0 Å². The Morgan fingerprint density at radius 3 is 2.08 bits per heavy atom. The summed E-state index contributed by atoms with van der Waals surface area (Å²) in [7, 11) is -2.30. The summed E-state index contributed by atoms with van der Waals surface area (Å²) < 4.78 is 11.2. The van der Waals surface area contributed by atoms with Crippen molar-refractivity contribution in [2.75, 3.05) is 0 Å². The van der Waals surface area contributed by atoms with E-state index in [1.54, 1.807) is 0 Å². The highest BCUT2D eigenvalue weighted by Gasteiger charge is 2.16. The zero-order valence-electron chi connectivity index (χ0n) is 9.05. The van der Waals surface area contributed by atoms with Crippen molar-refractivity contribution in [2.45, 2.75) is 45.8 Å². The second-order valence-corrected chi connectivity index (χ2v) is 11.1. The third kappa shape index (κ3) is 8.45. The van der Waals surface area contributed by atoms with Crippen LogP contribution < -0.4 is 0 Å². The van der Waals surface area contributed by atoms with E-state index in [1.807, 2.05) is 13.5 Å². The third-order valence-corrected chi connectivity index (χ3v) is 2.92. The summed E-state index contributed by atoms with van der Waals surface area (Å²) in [5.74, 6) is 0. The van der Waals surface area contributed by atoms with Crippen LogP contribution >= 0.6 is 0 Å². The molecule has 0 spiro atoms. The van der Waals surface area contributed by atoms with E-state index in [9.17, 15) is 0 Å². The Bertz CT molecular complexity index is 121. The van der Waals surface area contributed by atoms with Gasteiger partial charge in [-0.25, -0.2) is 0 Å². The van der Waals surface area contributed by atoms with Gasteiger partial charge < -0.3 is 8.85 Å². The lowest BCUT2D eigenvalue weighted by atomic mass is 10.5. The van der Waals surface area contributed by atoms with Crippen LogP contribution in [0.4, 0.5) is 0 Å². The average molecular weight is 205 g/mol. The van der Waals surface area contributed by atoms with Gasteiger partial charge in [-0.2, -0.15) is 0 Å². The van der Waals surface area contributed by atoms with Crippen LogP contribution in [0.2, 0.25) is 32.7 Å². The van der Waals surface area contributed by atoms with E-state index in [2.05, 4.69) is 32.7 Å². The maximum atomic E-state index is 5.63. The fraction of sp³-hybridized carbons (Fsp3) is 0.875. The van der Waals surface area contributed by atoms with Crippen molar-refractivity contribution in [2.24, 2.45) is 0 Å². The second kappa shape index (κ2) is 5.16. The van der Waals surface area contributed by atoms with Crippen molar-refractivity contribution in [1.29, 1.82) is 0 Å². The number of hydrogen-bond donors (Lipinski definition) is 0. The molecule has 4 heteroatoms. The molecule has 73 valence electrons. The third-order valence-electron chi connectivity index (χ3n) is 1.10. The molecule has 1 radical (unpaired) electrons. The molecule has 0 N–H and O–H groups in total. The molecule has 0 saturated carbocycles. The fourth-order valence-corrected chi connectivity index (χ4v) is 2.28. The van der Waals surface area contributed by atoms with E-state index in [1.165, 1.54) is 0 Å². The minimum Gasteiger partial charge on any atom is -0.415 e. The predicted octanol–water partition coefficient (Wildman–Crippen LogP) is 2.39. The van der Waals surface area contributed by atoms with Crippen molar-refractivity contribution >= 4 is 17.4 Å². The lowest BCUT2D eigenvalue weighted by Gasteiger charge is -2.21. The summed E-state index contributed by atoms with van der Waals surface area (Å²) in [6.45, 7) is 14.7. The van der Waals surface area contributed by atoms with Crippen molar-refractivity contribution in [3.63, 3.8) is 0 Å². The van der Waals surface area contributed by atoms with Crippen LogP contribution in [0.1, 0.15) is 6.92 Å². The molecule has 0 fully saturated rings. The highest BCUT2D eigenvalue weighted by Crippen LogP contribution is 2.08. The summed E-state index contributed by atoms with van der Waals surface area (Å²) in [5.41, 5.74) is 0. The molecule has 2 nitrogen and oxygen atoms in total. The van der Waals surface area contributed by atoms with Crippen molar-refractivity contribution < 1.29 is 8.85 Å². The first-order valence-corrected chi connectivity index (χ1v) is 10.7. The maximum Gasteiger partial charge on any atom is 0.184 e. The summed E-state index contributed by atoms with van der Waals surface area (Å²) >= 11 is 0. The van der Waals surface area contributed by atoms with E-state index in [4.69, 9.17) is 8.85 Å². The Morgan fingerprint density at radius 1 is 1.25 bits per heavy atom. The van der Waals surface area contributed by atoms with Crippen LogP contribution in [0.5, 0.6) is 0 Å². The van der Waals surface area contributed by atoms with Crippen LogP contribution in [0.25, 0.3) is 0 Å². The molecule has 0 bridgehead atoms. The van der Waals surface area contributed by atoms with Crippen LogP contribution in [0, 0.1) is 6.61 Å². The topological polar surface area (TPSA) is 18.5 Å². The van der Waals surface area contributed by atoms with Gasteiger partial charge in [0.15, 0.2) is 17.4 Å². The molecule has 0 aromatic rings. The normalized spacial score (nSPS) is 15.2. The highest BCUT2D eigenvalue weighted by molar-refractivity contribution is 6.69.